The highest BCUT2D eigenvalue weighted by molar-refractivity contribution is 5.98. The van der Waals surface area contributed by atoms with Crippen molar-refractivity contribution in [1.29, 1.82) is 0 Å². The second kappa shape index (κ2) is 10.0. The Morgan fingerprint density at radius 3 is 2.91 bits per heavy atom. The molecule has 0 saturated carbocycles. The van der Waals surface area contributed by atoms with Gasteiger partial charge in [0.25, 0.3) is 5.91 Å². The highest BCUT2D eigenvalue weighted by atomic mass is 16.5. The number of pyridine rings is 1. The molecule has 1 aliphatic rings. The van der Waals surface area contributed by atoms with Crippen LogP contribution in [0.2, 0.25) is 0 Å². The van der Waals surface area contributed by atoms with Gasteiger partial charge in [0.05, 0.1) is 11.9 Å². The van der Waals surface area contributed by atoms with Crippen LogP contribution in [0.15, 0.2) is 30.3 Å². The van der Waals surface area contributed by atoms with Gasteiger partial charge in [0.15, 0.2) is 17.2 Å². The smallest absolute Gasteiger partial charge is 0.272 e. The standard InChI is InChI=1S/C25H31N7O2/c1-4-5-13-31-22(23(27-3)29-25(31)30-12-8-10-19(26)16-30)24(33)28-15-21-20-11-7-6-9-18(20)14-17(2)32(21)34/h6-7,9,11,14,19,27H,8,10,12-13,15-16,26H2,1-3H3,(H,28,33)/t19-/m1/s1. The van der Waals surface area contributed by atoms with E-state index in [0.29, 0.717) is 41.9 Å². The van der Waals surface area contributed by atoms with E-state index < -0.39 is 0 Å². The molecular formula is C25H31N7O2. The van der Waals surface area contributed by atoms with Gasteiger partial charge in [-0.1, -0.05) is 24.1 Å². The van der Waals surface area contributed by atoms with Crippen LogP contribution in [0.1, 0.15) is 41.6 Å². The number of carbonyl (C=O) groups is 1. The summed E-state index contributed by atoms with van der Waals surface area (Å²) in [6, 6.07) is 9.58. The predicted molar refractivity (Wildman–Crippen MR) is 133 cm³/mol. The number of carbonyl (C=O) groups excluding carboxylic acids is 1. The zero-order valence-corrected chi connectivity index (χ0v) is 19.9. The molecule has 4 rings (SSSR count). The Kier molecular flexibility index (Phi) is 6.89. The Morgan fingerprint density at radius 2 is 2.18 bits per heavy atom. The van der Waals surface area contributed by atoms with Crippen LogP contribution in [0.25, 0.3) is 10.8 Å². The lowest BCUT2D eigenvalue weighted by Gasteiger charge is -2.31. The van der Waals surface area contributed by atoms with Crippen LogP contribution in [-0.4, -0.2) is 41.6 Å². The van der Waals surface area contributed by atoms with Crippen molar-refractivity contribution in [2.45, 2.75) is 45.8 Å². The third kappa shape index (κ3) is 4.50. The summed E-state index contributed by atoms with van der Waals surface area (Å²) in [6.45, 7) is 5.43. The summed E-state index contributed by atoms with van der Waals surface area (Å²) >= 11 is 0. The van der Waals surface area contributed by atoms with E-state index >= 15 is 0 Å². The summed E-state index contributed by atoms with van der Waals surface area (Å²) in [6.07, 6.45) is 1.94. The molecule has 0 spiro atoms. The number of piperidine rings is 1. The number of amides is 1. The second-order valence-corrected chi connectivity index (χ2v) is 8.52. The number of aromatic nitrogens is 3. The number of imidazole rings is 1. The minimum absolute atomic E-state index is 0.0635. The normalized spacial score (nSPS) is 15.6. The van der Waals surface area contributed by atoms with Crippen molar-refractivity contribution < 1.29 is 9.52 Å². The maximum absolute atomic E-state index is 13.5. The van der Waals surface area contributed by atoms with E-state index in [9.17, 15) is 10.0 Å². The van der Waals surface area contributed by atoms with Gasteiger partial charge in [0, 0.05) is 39.2 Å². The van der Waals surface area contributed by atoms with E-state index in [2.05, 4.69) is 27.4 Å². The molecule has 0 aliphatic carbocycles. The van der Waals surface area contributed by atoms with Gasteiger partial charge in [-0.15, -0.1) is 5.92 Å². The molecule has 3 aromatic rings. The van der Waals surface area contributed by atoms with E-state index in [1.165, 1.54) is 0 Å². The monoisotopic (exact) mass is 461 g/mol. The fourth-order valence-corrected chi connectivity index (χ4v) is 4.49. The van der Waals surface area contributed by atoms with Gasteiger partial charge < -0.3 is 26.5 Å². The van der Waals surface area contributed by atoms with Gasteiger partial charge in [-0.2, -0.15) is 9.71 Å². The van der Waals surface area contributed by atoms with E-state index in [4.69, 9.17) is 10.7 Å². The number of aryl methyl sites for hydroxylation is 1. The van der Waals surface area contributed by atoms with Gasteiger partial charge in [-0.3, -0.25) is 9.36 Å². The first-order valence-corrected chi connectivity index (χ1v) is 11.5. The Morgan fingerprint density at radius 1 is 1.38 bits per heavy atom. The summed E-state index contributed by atoms with van der Waals surface area (Å²) in [7, 11) is 1.74. The molecule has 1 saturated heterocycles. The zero-order chi connectivity index (χ0) is 24.2. The van der Waals surface area contributed by atoms with Crippen molar-refractivity contribution in [2.75, 3.05) is 30.4 Å². The van der Waals surface area contributed by atoms with Crippen molar-refractivity contribution in [3.63, 3.8) is 0 Å². The minimum atomic E-state index is -0.326. The molecule has 1 aromatic carbocycles. The molecule has 34 heavy (non-hydrogen) atoms. The number of nitrogens with zero attached hydrogens (tertiary/aromatic N) is 4. The predicted octanol–water partition coefficient (Wildman–Crippen LogP) is 1.90. The molecule has 0 unspecified atom stereocenters. The van der Waals surface area contributed by atoms with E-state index in [1.54, 1.807) is 20.9 Å². The van der Waals surface area contributed by atoms with E-state index in [0.717, 1.165) is 34.9 Å². The van der Waals surface area contributed by atoms with Gasteiger partial charge in [-0.25, -0.2) is 0 Å². The van der Waals surface area contributed by atoms with Crippen LogP contribution in [0.3, 0.4) is 0 Å². The van der Waals surface area contributed by atoms with Crippen LogP contribution in [-0.2, 0) is 13.1 Å². The van der Waals surface area contributed by atoms with Crippen molar-refractivity contribution in [3.8, 4) is 11.8 Å². The van der Waals surface area contributed by atoms with E-state index in [-0.39, 0.29) is 18.5 Å². The quantitative estimate of drug-likeness (QED) is 0.293. The van der Waals surface area contributed by atoms with Gasteiger partial charge in [0.1, 0.15) is 6.54 Å². The molecule has 2 aromatic heterocycles. The Bertz CT molecular complexity index is 1270. The molecule has 0 radical (unpaired) electrons. The number of nitrogens with two attached hydrogens (primary N) is 1. The van der Waals surface area contributed by atoms with E-state index in [1.807, 2.05) is 34.9 Å². The van der Waals surface area contributed by atoms with Crippen LogP contribution in [0, 0.1) is 24.0 Å². The molecule has 3 heterocycles. The highest BCUT2D eigenvalue weighted by Gasteiger charge is 2.28. The molecule has 4 N–H and O–H groups in total. The first-order valence-electron chi connectivity index (χ1n) is 11.5. The number of benzene rings is 1. The third-order valence-electron chi connectivity index (χ3n) is 6.17. The first-order chi connectivity index (χ1) is 16.4. The number of rotatable bonds is 6. The molecular weight excluding hydrogens is 430 g/mol. The lowest BCUT2D eigenvalue weighted by Crippen LogP contribution is -2.44. The highest BCUT2D eigenvalue weighted by Crippen LogP contribution is 2.26. The second-order valence-electron chi connectivity index (χ2n) is 8.52. The van der Waals surface area contributed by atoms with Gasteiger partial charge >= 0.3 is 0 Å². The van der Waals surface area contributed by atoms with Gasteiger partial charge in [0.2, 0.25) is 11.6 Å². The maximum Gasteiger partial charge on any atom is 0.272 e. The third-order valence-corrected chi connectivity index (χ3v) is 6.17. The number of fused-ring (bicyclic) bond motifs is 1. The minimum Gasteiger partial charge on any atom is -0.618 e. The first kappa shape index (κ1) is 23.4. The van der Waals surface area contributed by atoms with Crippen LogP contribution >= 0.6 is 0 Å². The van der Waals surface area contributed by atoms with Crippen molar-refractivity contribution in [1.82, 2.24) is 14.9 Å². The lowest BCUT2D eigenvalue weighted by atomic mass is 10.1. The fraction of sp³-hybridized carbons (Fsp3) is 0.400. The number of anilines is 2. The molecule has 1 aliphatic heterocycles. The fourth-order valence-electron chi connectivity index (χ4n) is 4.49. The SMILES string of the molecule is CC#CCn1c(N2CCC[C@@H](N)C2)nc(NC)c1C(=O)NCc1c2ccccc2cc(C)[n+]1[O-]. The summed E-state index contributed by atoms with van der Waals surface area (Å²) in [5.41, 5.74) is 7.66. The summed E-state index contributed by atoms with van der Waals surface area (Å²) in [4.78, 5) is 20.3. The zero-order valence-electron chi connectivity index (χ0n) is 19.9. The molecule has 1 amide bonds. The summed E-state index contributed by atoms with van der Waals surface area (Å²) in [5, 5.41) is 20.6. The largest absolute Gasteiger partial charge is 0.618 e. The van der Waals surface area contributed by atoms with Crippen molar-refractivity contribution in [2.24, 2.45) is 5.73 Å². The van der Waals surface area contributed by atoms with Crippen LogP contribution < -0.4 is 26.0 Å². The van der Waals surface area contributed by atoms with Crippen molar-refractivity contribution in [3.05, 3.63) is 52.6 Å². The number of hydrogen-bond donors (Lipinski definition) is 3. The average Bonchev–Trinajstić information content (AvgIpc) is 3.21. The van der Waals surface area contributed by atoms with Gasteiger partial charge in [-0.05, 0) is 31.2 Å². The Labute approximate surface area is 199 Å². The summed E-state index contributed by atoms with van der Waals surface area (Å²) in [5.74, 6) is 6.77. The molecule has 1 atom stereocenters. The summed E-state index contributed by atoms with van der Waals surface area (Å²) < 4.78 is 2.71. The Balaban J connectivity index is 1.68. The number of hydrogen-bond acceptors (Lipinski definition) is 6. The van der Waals surface area contributed by atoms with Crippen LogP contribution in [0.4, 0.5) is 11.8 Å². The molecule has 178 valence electrons. The van der Waals surface area contributed by atoms with Crippen molar-refractivity contribution >= 4 is 28.4 Å². The lowest BCUT2D eigenvalue weighted by molar-refractivity contribution is -0.619. The van der Waals surface area contributed by atoms with Crippen LogP contribution in [0.5, 0.6) is 0 Å². The Hall–Kier alpha value is -3.77. The topological polar surface area (TPSA) is 115 Å². The molecule has 9 heteroatoms. The molecule has 9 nitrogen and oxygen atoms in total. The average molecular weight is 462 g/mol. The number of nitrogens with one attached hydrogen (secondary N) is 2. The molecule has 0 bridgehead atoms. The maximum atomic E-state index is 13.5. The molecule has 1 fully saturated rings.